The topological polar surface area (TPSA) is 61.8 Å². The van der Waals surface area contributed by atoms with Crippen LogP contribution in [0.15, 0.2) is 18.2 Å². The van der Waals surface area contributed by atoms with E-state index in [0.717, 1.165) is 25.3 Å². The summed E-state index contributed by atoms with van der Waals surface area (Å²) in [5.41, 5.74) is 1.36. The van der Waals surface area contributed by atoms with Crippen LogP contribution in [0.2, 0.25) is 0 Å². The smallest absolute Gasteiger partial charge is 0.251 e. The minimum absolute atomic E-state index is 0.0571. The predicted molar refractivity (Wildman–Crippen MR) is 79.5 cm³/mol. The first kappa shape index (κ1) is 14.4. The van der Waals surface area contributed by atoms with E-state index in [4.69, 9.17) is 4.74 Å². The van der Waals surface area contributed by atoms with Gasteiger partial charge in [0.25, 0.3) is 5.91 Å². The number of phenolic OH excluding ortho intramolecular Hbond substituents is 1. The Morgan fingerprint density at radius 2 is 2.33 bits per heavy atom. The molecule has 5 heteroatoms. The number of hydrogen-bond donors (Lipinski definition) is 2. The summed E-state index contributed by atoms with van der Waals surface area (Å²) in [5, 5.41) is 12.5. The minimum atomic E-state index is -0.166. The number of nitrogens with one attached hydrogen (secondary N) is 1. The average Bonchev–Trinajstić information content (AvgIpc) is 2.91. The second-order valence-corrected chi connectivity index (χ2v) is 6.01. The van der Waals surface area contributed by atoms with Crippen LogP contribution in [0.5, 0.6) is 5.75 Å². The lowest BCUT2D eigenvalue weighted by molar-refractivity contribution is -0.0461. The number of ether oxygens (including phenoxy) is 1. The van der Waals surface area contributed by atoms with Gasteiger partial charge in [-0.15, -0.1) is 0 Å². The molecule has 2 unspecified atom stereocenters. The highest BCUT2D eigenvalue weighted by atomic mass is 16.5. The molecule has 2 fully saturated rings. The number of morpholine rings is 1. The number of nitrogens with zero attached hydrogens (tertiary/aromatic N) is 1. The number of rotatable bonds is 3. The van der Waals surface area contributed by atoms with Crippen LogP contribution in [-0.4, -0.2) is 54.3 Å². The lowest BCUT2D eigenvalue weighted by Gasteiger charge is -2.35. The molecule has 1 amide bonds. The van der Waals surface area contributed by atoms with Gasteiger partial charge in [-0.1, -0.05) is 0 Å². The third-order valence-corrected chi connectivity index (χ3v) is 4.28. The van der Waals surface area contributed by atoms with Crippen molar-refractivity contribution >= 4 is 5.91 Å². The quantitative estimate of drug-likeness (QED) is 0.880. The fourth-order valence-corrected chi connectivity index (χ4v) is 3.21. The monoisotopic (exact) mass is 290 g/mol. The number of aromatic hydroxyl groups is 1. The number of amides is 1. The number of carbonyl (C=O) groups excluding carboxylic acids is 1. The van der Waals surface area contributed by atoms with Gasteiger partial charge in [0.1, 0.15) is 5.75 Å². The molecular weight excluding hydrogens is 268 g/mol. The van der Waals surface area contributed by atoms with Crippen LogP contribution >= 0.6 is 0 Å². The van der Waals surface area contributed by atoms with Gasteiger partial charge in [-0.2, -0.15) is 0 Å². The molecule has 2 atom stereocenters. The lowest BCUT2D eigenvalue weighted by Crippen LogP contribution is -2.50. The first-order valence-electron chi connectivity index (χ1n) is 7.56. The molecular formula is C16H22N2O3. The summed E-state index contributed by atoms with van der Waals surface area (Å²) in [6.45, 7) is 5.17. The summed E-state index contributed by atoms with van der Waals surface area (Å²) in [7, 11) is 0. The Morgan fingerprint density at radius 3 is 3.14 bits per heavy atom. The van der Waals surface area contributed by atoms with E-state index in [0.29, 0.717) is 18.2 Å². The summed E-state index contributed by atoms with van der Waals surface area (Å²) in [4.78, 5) is 14.6. The van der Waals surface area contributed by atoms with E-state index < -0.39 is 0 Å². The van der Waals surface area contributed by atoms with E-state index in [1.807, 2.05) is 6.92 Å². The van der Waals surface area contributed by atoms with Crippen molar-refractivity contribution in [1.29, 1.82) is 0 Å². The van der Waals surface area contributed by atoms with Crippen LogP contribution < -0.4 is 5.32 Å². The zero-order chi connectivity index (χ0) is 14.8. The van der Waals surface area contributed by atoms with Gasteiger partial charge in [0.15, 0.2) is 0 Å². The van der Waals surface area contributed by atoms with Gasteiger partial charge in [-0.05, 0) is 50.1 Å². The van der Waals surface area contributed by atoms with Crippen molar-refractivity contribution in [2.75, 3.05) is 26.2 Å². The van der Waals surface area contributed by atoms with Crippen LogP contribution in [0.4, 0.5) is 0 Å². The highest BCUT2D eigenvalue weighted by Gasteiger charge is 2.32. The summed E-state index contributed by atoms with van der Waals surface area (Å²) in [6.07, 6.45) is 2.53. The van der Waals surface area contributed by atoms with Crippen LogP contribution in [0, 0.1) is 6.92 Å². The van der Waals surface area contributed by atoms with E-state index in [2.05, 4.69) is 10.2 Å². The Kier molecular flexibility index (Phi) is 4.12. The van der Waals surface area contributed by atoms with E-state index in [9.17, 15) is 9.90 Å². The van der Waals surface area contributed by atoms with E-state index >= 15 is 0 Å². The Morgan fingerprint density at radius 1 is 1.48 bits per heavy atom. The summed E-state index contributed by atoms with van der Waals surface area (Å²) >= 11 is 0. The molecule has 0 aromatic heterocycles. The maximum Gasteiger partial charge on any atom is 0.251 e. The molecule has 1 aromatic carbocycles. The first-order valence-corrected chi connectivity index (χ1v) is 7.56. The van der Waals surface area contributed by atoms with Gasteiger partial charge < -0.3 is 15.2 Å². The molecule has 0 saturated carbocycles. The number of phenols is 1. The molecule has 0 aliphatic carbocycles. The van der Waals surface area contributed by atoms with Gasteiger partial charge in [0.2, 0.25) is 0 Å². The summed E-state index contributed by atoms with van der Waals surface area (Å²) < 4.78 is 5.82. The fraction of sp³-hybridized carbons (Fsp3) is 0.562. The Hall–Kier alpha value is -1.59. The van der Waals surface area contributed by atoms with Crippen molar-refractivity contribution in [3.8, 4) is 5.75 Å². The van der Waals surface area contributed by atoms with Gasteiger partial charge in [-0.25, -0.2) is 0 Å². The zero-order valence-electron chi connectivity index (χ0n) is 12.3. The van der Waals surface area contributed by atoms with Crippen molar-refractivity contribution in [3.63, 3.8) is 0 Å². The number of hydrogen-bond acceptors (Lipinski definition) is 4. The standard InChI is InChI=1S/C16H22N2O3/c1-11-5-12(7-14(19)6-11)16(20)17-8-15-9-18-4-2-3-13(18)10-21-15/h5-7,13,15,19H,2-4,8-10H2,1H3,(H,17,20). The molecule has 2 aliphatic heterocycles. The van der Waals surface area contributed by atoms with Gasteiger partial charge >= 0.3 is 0 Å². The molecule has 2 saturated heterocycles. The molecule has 1 aromatic rings. The number of aryl methyl sites for hydroxylation is 1. The molecule has 2 aliphatic rings. The Balaban J connectivity index is 1.53. The van der Waals surface area contributed by atoms with Crippen molar-refractivity contribution in [2.24, 2.45) is 0 Å². The highest BCUT2D eigenvalue weighted by Crippen LogP contribution is 2.22. The highest BCUT2D eigenvalue weighted by molar-refractivity contribution is 5.94. The van der Waals surface area contributed by atoms with Crippen LogP contribution in [-0.2, 0) is 4.74 Å². The van der Waals surface area contributed by atoms with Crippen LogP contribution in [0.3, 0.4) is 0 Å². The second-order valence-electron chi connectivity index (χ2n) is 6.01. The number of fused-ring (bicyclic) bond motifs is 1. The maximum absolute atomic E-state index is 12.1. The average molecular weight is 290 g/mol. The van der Waals surface area contributed by atoms with Gasteiger partial charge in [-0.3, -0.25) is 9.69 Å². The molecule has 0 spiro atoms. The van der Waals surface area contributed by atoms with E-state index in [-0.39, 0.29) is 17.8 Å². The van der Waals surface area contributed by atoms with Crippen molar-refractivity contribution in [1.82, 2.24) is 10.2 Å². The second kappa shape index (κ2) is 6.03. The largest absolute Gasteiger partial charge is 0.508 e. The fourth-order valence-electron chi connectivity index (χ4n) is 3.21. The van der Waals surface area contributed by atoms with Crippen molar-refractivity contribution < 1.29 is 14.6 Å². The molecule has 21 heavy (non-hydrogen) atoms. The molecule has 2 heterocycles. The van der Waals surface area contributed by atoms with Gasteiger partial charge in [0, 0.05) is 24.7 Å². The van der Waals surface area contributed by atoms with Crippen molar-refractivity contribution in [3.05, 3.63) is 29.3 Å². The summed E-state index contributed by atoms with van der Waals surface area (Å²) in [6, 6.07) is 5.47. The summed E-state index contributed by atoms with van der Waals surface area (Å²) in [5.74, 6) is -0.0462. The zero-order valence-corrected chi connectivity index (χ0v) is 12.3. The molecule has 3 rings (SSSR count). The van der Waals surface area contributed by atoms with Gasteiger partial charge in [0.05, 0.1) is 12.7 Å². The first-order chi connectivity index (χ1) is 10.1. The molecule has 0 radical (unpaired) electrons. The third-order valence-electron chi connectivity index (χ3n) is 4.28. The Labute approximate surface area is 124 Å². The predicted octanol–water partition coefficient (Wildman–Crippen LogP) is 1.29. The van der Waals surface area contributed by atoms with Crippen LogP contribution in [0.25, 0.3) is 0 Å². The van der Waals surface area contributed by atoms with E-state index in [1.165, 1.54) is 18.9 Å². The molecule has 5 nitrogen and oxygen atoms in total. The minimum Gasteiger partial charge on any atom is -0.508 e. The normalized spacial score (nSPS) is 25.6. The lowest BCUT2D eigenvalue weighted by atomic mass is 10.1. The number of benzene rings is 1. The maximum atomic E-state index is 12.1. The van der Waals surface area contributed by atoms with Crippen molar-refractivity contribution in [2.45, 2.75) is 31.9 Å². The van der Waals surface area contributed by atoms with E-state index in [1.54, 1.807) is 12.1 Å². The number of carbonyl (C=O) groups is 1. The van der Waals surface area contributed by atoms with Crippen LogP contribution in [0.1, 0.15) is 28.8 Å². The molecule has 2 N–H and O–H groups in total. The molecule has 114 valence electrons. The Bertz CT molecular complexity index is 512. The SMILES string of the molecule is Cc1cc(O)cc(C(=O)NCC2CN3CCCC3CO2)c1. The molecule has 0 bridgehead atoms. The third kappa shape index (κ3) is 3.36.